The van der Waals surface area contributed by atoms with Gasteiger partial charge in [-0.15, -0.1) is 5.10 Å². The molecule has 7 nitrogen and oxygen atoms in total. The minimum absolute atomic E-state index is 0.0266. The number of hydrogen-bond donors (Lipinski definition) is 2. The molecule has 3 aromatic rings. The van der Waals surface area contributed by atoms with Crippen molar-refractivity contribution in [2.75, 3.05) is 6.54 Å². The summed E-state index contributed by atoms with van der Waals surface area (Å²) in [6, 6.07) is 19.7. The van der Waals surface area contributed by atoms with Gasteiger partial charge in [0.15, 0.2) is 5.82 Å². The Morgan fingerprint density at radius 1 is 1.00 bits per heavy atom. The number of amides is 1. The van der Waals surface area contributed by atoms with Crippen LogP contribution in [0.25, 0.3) is 5.57 Å². The molecule has 1 aromatic heterocycles. The van der Waals surface area contributed by atoms with Crippen molar-refractivity contribution in [3.05, 3.63) is 82.7 Å². The molecule has 3 heterocycles. The van der Waals surface area contributed by atoms with Crippen LogP contribution in [0, 0.1) is 0 Å². The second-order valence-corrected chi connectivity index (χ2v) is 8.59. The molecule has 2 aliphatic heterocycles. The number of rotatable bonds is 6. The van der Waals surface area contributed by atoms with Crippen molar-refractivity contribution in [1.82, 2.24) is 30.8 Å². The number of piperidine rings is 1. The predicted molar refractivity (Wildman–Crippen MR) is 123 cm³/mol. The van der Waals surface area contributed by atoms with Gasteiger partial charge in [0.2, 0.25) is 0 Å². The minimum atomic E-state index is -0.0266. The van der Waals surface area contributed by atoms with Crippen molar-refractivity contribution in [2.45, 2.75) is 51.2 Å². The SMILES string of the molecule is CCNC(=O)c1ccc(C(=C2CC3CCC(C2)N3Cc2nnn[nH]2)c2ccccc2)cc1. The highest BCUT2D eigenvalue weighted by molar-refractivity contribution is 5.95. The number of aromatic nitrogens is 4. The number of nitrogens with zero attached hydrogens (tertiary/aromatic N) is 4. The number of hydrogen-bond acceptors (Lipinski definition) is 5. The van der Waals surface area contributed by atoms with E-state index in [-0.39, 0.29) is 5.91 Å². The molecule has 2 aliphatic rings. The first kappa shape index (κ1) is 20.6. The van der Waals surface area contributed by atoms with Crippen LogP contribution in [-0.2, 0) is 6.54 Å². The topological polar surface area (TPSA) is 86.8 Å². The monoisotopic (exact) mass is 428 g/mol. The van der Waals surface area contributed by atoms with Crippen molar-refractivity contribution in [3.8, 4) is 0 Å². The van der Waals surface area contributed by atoms with E-state index in [1.54, 1.807) is 0 Å². The van der Waals surface area contributed by atoms with Crippen LogP contribution in [0.5, 0.6) is 0 Å². The third-order valence-corrected chi connectivity index (χ3v) is 6.65. The van der Waals surface area contributed by atoms with Gasteiger partial charge in [0, 0.05) is 24.2 Å². The molecule has 5 rings (SSSR count). The lowest BCUT2D eigenvalue weighted by atomic mass is 9.85. The molecule has 0 spiro atoms. The summed E-state index contributed by atoms with van der Waals surface area (Å²) >= 11 is 0. The molecule has 2 atom stereocenters. The van der Waals surface area contributed by atoms with Crippen LogP contribution in [0.2, 0.25) is 0 Å². The minimum Gasteiger partial charge on any atom is -0.352 e. The molecule has 1 amide bonds. The maximum Gasteiger partial charge on any atom is 0.251 e. The molecular formula is C25H28N6O. The number of aromatic amines is 1. The Hall–Kier alpha value is -3.32. The highest BCUT2D eigenvalue weighted by Gasteiger charge is 2.39. The normalized spacial score (nSPS) is 20.3. The molecule has 2 N–H and O–H groups in total. The van der Waals surface area contributed by atoms with Crippen molar-refractivity contribution >= 4 is 11.5 Å². The Balaban J connectivity index is 1.47. The fraction of sp³-hybridized carbons (Fsp3) is 0.360. The fourth-order valence-corrected chi connectivity index (χ4v) is 5.22. The van der Waals surface area contributed by atoms with Crippen LogP contribution in [0.3, 0.4) is 0 Å². The molecule has 164 valence electrons. The van der Waals surface area contributed by atoms with E-state index in [4.69, 9.17) is 0 Å². The third-order valence-electron chi connectivity index (χ3n) is 6.65. The van der Waals surface area contributed by atoms with Crippen molar-refractivity contribution in [2.24, 2.45) is 0 Å². The summed E-state index contributed by atoms with van der Waals surface area (Å²) in [5.41, 5.74) is 5.92. The lowest BCUT2D eigenvalue weighted by Crippen LogP contribution is -2.40. The zero-order valence-corrected chi connectivity index (χ0v) is 18.3. The zero-order valence-electron chi connectivity index (χ0n) is 18.3. The average molecular weight is 429 g/mol. The second kappa shape index (κ2) is 9.04. The van der Waals surface area contributed by atoms with E-state index in [1.165, 1.54) is 35.1 Å². The lowest BCUT2D eigenvalue weighted by molar-refractivity contribution is 0.0956. The van der Waals surface area contributed by atoms with Gasteiger partial charge >= 0.3 is 0 Å². The first-order chi connectivity index (χ1) is 15.7. The van der Waals surface area contributed by atoms with Gasteiger partial charge in [0.1, 0.15) is 0 Å². The Bertz CT molecular complexity index is 1080. The molecule has 0 saturated carbocycles. The van der Waals surface area contributed by atoms with Crippen molar-refractivity contribution in [3.63, 3.8) is 0 Å². The van der Waals surface area contributed by atoms with E-state index in [0.29, 0.717) is 24.2 Å². The Kier molecular flexibility index (Phi) is 5.81. The number of carbonyl (C=O) groups excluding carboxylic acids is 1. The highest BCUT2D eigenvalue weighted by atomic mass is 16.1. The van der Waals surface area contributed by atoms with Crippen LogP contribution in [-0.4, -0.2) is 50.1 Å². The number of tetrazole rings is 1. The number of carbonyl (C=O) groups is 1. The smallest absolute Gasteiger partial charge is 0.251 e. The summed E-state index contributed by atoms with van der Waals surface area (Å²) < 4.78 is 0. The van der Waals surface area contributed by atoms with Gasteiger partial charge in [0.25, 0.3) is 5.91 Å². The van der Waals surface area contributed by atoms with E-state index in [0.717, 1.165) is 25.2 Å². The summed E-state index contributed by atoms with van der Waals surface area (Å²) in [5.74, 6) is 0.805. The maximum absolute atomic E-state index is 12.2. The molecule has 7 heteroatoms. The fourth-order valence-electron chi connectivity index (χ4n) is 5.22. The van der Waals surface area contributed by atoms with Gasteiger partial charge in [0.05, 0.1) is 6.54 Å². The average Bonchev–Trinajstić information content (AvgIpc) is 3.41. The summed E-state index contributed by atoms with van der Waals surface area (Å²) in [6.07, 6.45) is 4.49. The molecule has 2 aromatic carbocycles. The van der Waals surface area contributed by atoms with E-state index in [2.05, 4.69) is 73.3 Å². The first-order valence-electron chi connectivity index (χ1n) is 11.4. The molecule has 0 aliphatic carbocycles. The molecule has 32 heavy (non-hydrogen) atoms. The number of nitrogens with one attached hydrogen (secondary N) is 2. The summed E-state index contributed by atoms with van der Waals surface area (Å²) in [4.78, 5) is 14.8. The Morgan fingerprint density at radius 2 is 1.66 bits per heavy atom. The molecule has 2 saturated heterocycles. The van der Waals surface area contributed by atoms with Crippen molar-refractivity contribution < 1.29 is 4.79 Å². The van der Waals surface area contributed by atoms with E-state index in [1.807, 2.05) is 19.1 Å². The van der Waals surface area contributed by atoms with Crippen molar-refractivity contribution in [1.29, 1.82) is 0 Å². The Morgan fingerprint density at radius 3 is 2.28 bits per heavy atom. The van der Waals surface area contributed by atoms with Gasteiger partial charge in [-0.1, -0.05) is 48.0 Å². The molecule has 0 radical (unpaired) electrons. The van der Waals surface area contributed by atoms with E-state index >= 15 is 0 Å². The molecular weight excluding hydrogens is 400 g/mol. The molecule has 2 unspecified atom stereocenters. The Labute approximate surface area is 187 Å². The van der Waals surface area contributed by atoms with E-state index in [9.17, 15) is 4.79 Å². The quantitative estimate of drug-likeness (QED) is 0.627. The summed E-state index contributed by atoms with van der Waals surface area (Å²) in [7, 11) is 0. The largest absolute Gasteiger partial charge is 0.352 e. The van der Waals surface area contributed by atoms with Gasteiger partial charge in [-0.2, -0.15) is 0 Å². The maximum atomic E-state index is 12.2. The standard InChI is InChI=1S/C25H28N6O/c1-2-26-25(32)19-10-8-18(9-11-19)24(17-6-4-3-5-7-17)20-14-21-12-13-22(15-20)31(21)16-23-27-29-30-28-23/h3-11,21-22H,2,12-16H2,1H3,(H,26,32)(H,27,28,29,30). The predicted octanol–water partition coefficient (Wildman–Crippen LogP) is 3.58. The summed E-state index contributed by atoms with van der Waals surface area (Å²) in [6.45, 7) is 3.34. The van der Waals surface area contributed by atoms with Gasteiger partial charge in [-0.3, -0.25) is 9.69 Å². The number of fused-ring (bicyclic) bond motifs is 2. The van der Waals surface area contributed by atoms with Gasteiger partial charge in [-0.25, -0.2) is 5.10 Å². The van der Waals surface area contributed by atoms with Crippen LogP contribution in [0.1, 0.15) is 59.9 Å². The van der Waals surface area contributed by atoms with Crippen LogP contribution in [0.15, 0.2) is 60.2 Å². The third kappa shape index (κ3) is 4.08. The highest BCUT2D eigenvalue weighted by Crippen LogP contribution is 2.43. The second-order valence-electron chi connectivity index (χ2n) is 8.59. The first-order valence-corrected chi connectivity index (χ1v) is 11.4. The lowest BCUT2D eigenvalue weighted by Gasteiger charge is -2.36. The van der Waals surface area contributed by atoms with Crippen LogP contribution in [0.4, 0.5) is 0 Å². The molecule has 2 bridgehead atoms. The van der Waals surface area contributed by atoms with Crippen LogP contribution >= 0.6 is 0 Å². The van der Waals surface area contributed by atoms with E-state index < -0.39 is 0 Å². The van der Waals surface area contributed by atoms with Gasteiger partial charge in [-0.05, 0) is 71.9 Å². The molecule has 2 fully saturated rings. The summed E-state index contributed by atoms with van der Waals surface area (Å²) in [5, 5.41) is 17.3. The number of benzene rings is 2. The zero-order chi connectivity index (χ0) is 21.9. The van der Waals surface area contributed by atoms with Gasteiger partial charge < -0.3 is 5.32 Å². The number of H-pyrrole nitrogens is 1. The van der Waals surface area contributed by atoms with Crippen LogP contribution < -0.4 is 5.32 Å².